The van der Waals surface area contributed by atoms with Crippen molar-refractivity contribution in [3.8, 4) is 11.5 Å². The van der Waals surface area contributed by atoms with Crippen molar-refractivity contribution in [2.24, 2.45) is 0 Å². The summed E-state index contributed by atoms with van der Waals surface area (Å²) in [6.07, 6.45) is 3.44. The summed E-state index contributed by atoms with van der Waals surface area (Å²) in [6.45, 7) is 4.27. The van der Waals surface area contributed by atoms with Crippen LogP contribution in [0.5, 0.6) is 0 Å². The molecule has 0 aliphatic heterocycles. The number of amides is 1. The Hall–Kier alpha value is -2.35. The quantitative estimate of drug-likeness (QED) is 0.448. The molecule has 9 heteroatoms. The minimum atomic E-state index is -0.211. The lowest BCUT2D eigenvalue weighted by molar-refractivity contribution is -0.113. The largest absolute Gasteiger partial charge is 0.324 e. The summed E-state index contributed by atoms with van der Waals surface area (Å²) in [5.41, 5.74) is 1.21. The second kappa shape index (κ2) is 9.03. The van der Waals surface area contributed by atoms with Crippen LogP contribution in [0.15, 0.2) is 60.4 Å². The van der Waals surface area contributed by atoms with Crippen molar-refractivity contribution in [2.75, 3.05) is 11.1 Å². The lowest BCUT2D eigenvalue weighted by Crippen LogP contribution is -2.15. The maximum Gasteiger partial charge on any atom is 0.234 e. The van der Waals surface area contributed by atoms with E-state index in [1.165, 1.54) is 11.8 Å². The molecule has 1 amide bonds. The van der Waals surface area contributed by atoms with E-state index in [4.69, 9.17) is 23.2 Å². The van der Waals surface area contributed by atoms with Crippen molar-refractivity contribution in [3.05, 3.63) is 65.3 Å². The zero-order valence-corrected chi connectivity index (χ0v) is 16.4. The van der Waals surface area contributed by atoms with E-state index in [9.17, 15) is 4.79 Å². The Morgan fingerprint density at radius 2 is 2.11 bits per heavy atom. The molecule has 3 rings (SSSR count). The van der Waals surface area contributed by atoms with Gasteiger partial charge in [-0.25, -0.2) is 0 Å². The Kier molecular flexibility index (Phi) is 6.49. The summed E-state index contributed by atoms with van der Waals surface area (Å²) in [5, 5.41) is 12.6. The third kappa shape index (κ3) is 4.88. The third-order valence-corrected chi connectivity index (χ3v) is 4.97. The number of benzene rings is 1. The summed E-state index contributed by atoms with van der Waals surface area (Å²) >= 11 is 13.2. The molecule has 1 N–H and O–H groups in total. The topological polar surface area (TPSA) is 72.7 Å². The van der Waals surface area contributed by atoms with Crippen LogP contribution in [0, 0.1) is 0 Å². The van der Waals surface area contributed by atoms with Crippen LogP contribution in [0.25, 0.3) is 11.5 Å². The summed E-state index contributed by atoms with van der Waals surface area (Å²) in [7, 11) is 0. The van der Waals surface area contributed by atoms with Gasteiger partial charge in [-0.15, -0.1) is 16.8 Å². The van der Waals surface area contributed by atoms with E-state index in [0.717, 1.165) is 0 Å². The highest BCUT2D eigenvalue weighted by molar-refractivity contribution is 7.99. The van der Waals surface area contributed by atoms with Crippen molar-refractivity contribution in [1.82, 2.24) is 19.7 Å². The van der Waals surface area contributed by atoms with Crippen LogP contribution in [-0.4, -0.2) is 31.4 Å². The molecule has 6 nitrogen and oxygen atoms in total. The van der Waals surface area contributed by atoms with Gasteiger partial charge in [0.25, 0.3) is 0 Å². The average Bonchev–Trinajstić information content (AvgIpc) is 3.06. The molecule has 0 spiro atoms. The van der Waals surface area contributed by atoms with Gasteiger partial charge in [-0.3, -0.25) is 14.3 Å². The van der Waals surface area contributed by atoms with Gasteiger partial charge in [0.05, 0.1) is 16.5 Å². The number of halogens is 2. The van der Waals surface area contributed by atoms with E-state index < -0.39 is 0 Å². The minimum Gasteiger partial charge on any atom is -0.324 e. The number of anilines is 1. The molecule has 2 aromatic heterocycles. The van der Waals surface area contributed by atoms with Gasteiger partial charge in [0.1, 0.15) is 5.69 Å². The van der Waals surface area contributed by atoms with Crippen LogP contribution in [0.2, 0.25) is 10.0 Å². The van der Waals surface area contributed by atoms with Gasteiger partial charge in [-0.2, -0.15) is 0 Å². The first-order valence-corrected chi connectivity index (χ1v) is 9.66. The van der Waals surface area contributed by atoms with Crippen LogP contribution in [0.4, 0.5) is 5.69 Å². The number of thioether (sulfide) groups is 1. The molecule has 0 aliphatic rings. The number of hydrogen-bond acceptors (Lipinski definition) is 5. The minimum absolute atomic E-state index is 0.149. The SMILES string of the molecule is C=CCn1c(SCC(=O)Nc2ccc(Cl)cc2Cl)nnc1-c1ccccn1. The van der Waals surface area contributed by atoms with E-state index >= 15 is 0 Å². The summed E-state index contributed by atoms with van der Waals surface area (Å²) < 4.78 is 1.86. The molecule has 0 saturated carbocycles. The van der Waals surface area contributed by atoms with E-state index in [-0.39, 0.29) is 11.7 Å². The Morgan fingerprint density at radius 1 is 1.26 bits per heavy atom. The standard InChI is InChI=1S/C18H15Cl2N5OS/c1-2-9-25-17(15-5-3-4-8-21-15)23-24-18(25)27-11-16(26)22-14-7-6-12(19)10-13(14)20/h2-8,10H,1,9,11H2,(H,22,26). The van der Waals surface area contributed by atoms with E-state index in [2.05, 4.69) is 27.1 Å². The van der Waals surface area contributed by atoms with Crippen molar-refractivity contribution in [3.63, 3.8) is 0 Å². The van der Waals surface area contributed by atoms with Gasteiger partial charge in [0, 0.05) is 17.8 Å². The van der Waals surface area contributed by atoms with Gasteiger partial charge in [-0.05, 0) is 30.3 Å². The predicted octanol–water partition coefficient (Wildman–Crippen LogP) is 4.56. The highest BCUT2D eigenvalue weighted by Gasteiger charge is 2.16. The fraction of sp³-hybridized carbons (Fsp3) is 0.111. The van der Waals surface area contributed by atoms with Crippen LogP contribution < -0.4 is 5.32 Å². The van der Waals surface area contributed by atoms with Gasteiger partial charge in [-0.1, -0.05) is 47.1 Å². The van der Waals surface area contributed by atoms with Crippen LogP contribution in [-0.2, 0) is 11.3 Å². The van der Waals surface area contributed by atoms with Crippen LogP contribution in [0.3, 0.4) is 0 Å². The van der Waals surface area contributed by atoms with Crippen LogP contribution >= 0.6 is 35.0 Å². The number of pyridine rings is 1. The second-order valence-electron chi connectivity index (χ2n) is 5.38. The van der Waals surface area contributed by atoms with Crippen LogP contribution in [0.1, 0.15) is 0 Å². The van der Waals surface area contributed by atoms with Gasteiger partial charge < -0.3 is 5.32 Å². The van der Waals surface area contributed by atoms with Crippen molar-refractivity contribution in [1.29, 1.82) is 0 Å². The summed E-state index contributed by atoms with van der Waals surface area (Å²) in [4.78, 5) is 16.6. The number of nitrogens with one attached hydrogen (secondary N) is 1. The number of carbonyl (C=O) groups is 1. The normalized spacial score (nSPS) is 10.6. The zero-order valence-electron chi connectivity index (χ0n) is 14.1. The average molecular weight is 420 g/mol. The lowest BCUT2D eigenvalue weighted by atomic mass is 10.3. The molecule has 0 unspecified atom stereocenters. The Morgan fingerprint density at radius 3 is 2.81 bits per heavy atom. The molecule has 0 fully saturated rings. The Bertz CT molecular complexity index is 962. The first-order chi connectivity index (χ1) is 13.1. The number of nitrogens with zero attached hydrogens (tertiary/aromatic N) is 4. The number of allylic oxidation sites excluding steroid dienone is 1. The van der Waals surface area contributed by atoms with Gasteiger partial charge in [0.2, 0.25) is 5.91 Å². The predicted molar refractivity (Wildman–Crippen MR) is 109 cm³/mol. The van der Waals surface area contributed by atoms with Crippen molar-refractivity contribution < 1.29 is 4.79 Å². The molecule has 3 aromatic rings. The molecular weight excluding hydrogens is 405 g/mol. The molecule has 0 saturated heterocycles. The number of aromatic nitrogens is 4. The number of hydrogen-bond donors (Lipinski definition) is 1. The fourth-order valence-electron chi connectivity index (χ4n) is 2.28. The number of carbonyl (C=O) groups excluding carboxylic acids is 1. The van der Waals surface area contributed by atoms with E-state index in [1.807, 2.05) is 22.8 Å². The molecule has 138 valence electrons. The smallest absolute Gasteiger partial charge is 0.234 e. The monoisotopic (exact) mass is 419 g/mol. The first kappa shape index (κ1) is 19.4. The molecule has 0 atom stereocenters. The maximum atomic E-state index is 12.3. The fourth-order valence-corrected chi connectivity index (χ4v) is 3.48. The lowest BCUT2D eigenvalue weighted by Gasteiger charge is -2.09. The molecular formula is C18H15Cl2N5OS. The highest BCUT2D eigenvalue weighted by atomic mass is 35.5. The first-order valence-electron chi connectivity index (χ1n) is 7.91. The van der Waals surface area contributed by atoms with Gasteiger partial charge in [0.15, 0.2) is 11.0 Å². The Balaban J connectivity index is 1.71. The molecule has 27 heavy (non-hydrogen) atoms. The molecule has 2 heterocycles. The molecule has 1 aromatic carbocycles. The summed E-state index contributed by atoms with van der Waals surface area (Å²) in [6, 6.07) is 10.5. The Labute approximate surface area is 170 Å². The molecule has 0 radical (unpaired) electrons. The number of rotatable bonds is 7. The van der Waals surface area contributed by atoms with Gasteiger partial charge >= 0.3 is 0 Å². The third-order valence-electron chi connectivity index (χ3n) is 3.46. The molecule has 0 bridgehead atoms. The molecule has 0 aliphatic carbocycles. The zero-order chi connectivity index (χ0) is 19.2. The van der Waals surface area contributed by atoms with Crippen molar-refractivity contribution >= 4 is 46.6 Å². The summed E-state index contributed by atoms with van der Waals surface area (Å²) in [5.74, 6) is 0.562. The second-order valence-corrected chi connectivity index (χ2v) is 7.17. The van der Waals surface area contributed by atoms with E-state index in [0.29, 0.717) is 39.0 Å². The highest BCUT2D eigenvalue weighted by Crippen LogP contribution is 2.26. The van der Waals surface area contributed by atoms with Crippen molar-refractivity contribution in [2.45, 2.75) is 11.7 Å². The van der Waals surface area contributed by atoms with E-state index in [1.54, 1.807) is 30.5 Å². The maximum absolute atomic E-state index is 12.3.